The molecule has 3 rings (SSSR count). The highest BCUT2D eigenvalue weighted by molar-refractivity contribution is 7.99. The van der Waals surface area contributed by atoms with Gasteiger partial charge in [0.2, 0.25) is 5.13 Å². The van der Waals surface area contributed by atoms with Gasteiger partial charge in [-0.3, -0.25) is 5.43 Å². The Morgan fingerprint density at radius 2 is 1.86 bits per heavy atom. The molecule has 3 aromatic rings. The second kappa shape index (κ2) is 7.24. The Hall–Kier alpha value is -2.11. The lowest BCUT2D eigenvalue weighted by atomic mass is 10.2. The summed E-state index contributed by atoms with van der Waals surface area (Å²) in [5.41, 5.74) is 5.06. The van der Waals surface area contributed by atoms with Crippen LogP contribution in [-0.4, -0.2) is 11.2 Å². The lowest BCUT2D eigenvalue weighted by Crippen LogP contribution is -1.91. The smallest absolute Gasteiger partial charge is 0.203 e. The number of aryl methyl sites for hydroxylation is 1. The van der Waals surface area contributed by atoms with Crippen molar-refractivity contribution in [3.8, 4) is 0 Å². The van der Waals surface area contributed by atoms with E-state index in [1.165, 1.54) is 9.79 Å². The first kappa shape index (κ1) is 14.8. The van der Waals surface area contributed by atoms with Gasteiger partial charge in [0, 0.05) is 20.7 Å². The average molecular weight is 325 g/mol. The number of nitrogens with zero attached hydrogens (tertiary/aromatic N) is 2. The molecule has 1 heterocycles. The fourth-order valence-electron chi connectivity index (χ4n) is 1.86. The van der Waals surface area contributed by atoms with E-state index < -0.39 is 0 Å². The molecule has 0 aliphatic rings. The molecule has 0 saturated heterocycles. The Morgan fingerprint density at radius 3 is 2.64 bits per heavy atom. The molecule has 0 fully saturated rings. The minimum absolute atomic E-state index is 0.807. The molecule has 0 atom stereocenters. The molecule has 0 aliphatic carbocycles. The molecule has 5 heteroatoms. The van der Waals surface area contributed by atoms with Crippen LogP contribution in [-0.2, 0) is 0 Å². The number of thiazole rings is 1. The van der Waals surface area contributed by atoms with Gasteiger partial charge in [0.05, 0.1) is 11.9 Å². The van der Waals surface area contributed by atoms with E-state index >= 15 is 0 Å². The first-order valence-corrected chi connectivity index (χ1v) is 8.54. The van der Waals surface area contributed by atoms with Gasteiger partial charge in [0.1, 0.15) is 0 Å². The summed E-state index contributed by atoms with van der Waals surface area (Å²) in [7, 11) is 0. The number of hydrogen-bond acceptors (Lipinski definition) is 5. The van der Waals surface area contributed by atoms with Gasteiger partial charge in [-0.15, -0.1) is 11.3 Å². The molecule has 1 aromatic heterocycles. The summed E-state index contributed by atoms with van der Waals surface area (Å²) in [5.74, 6) is 0. The largest absolute Gasteiger partial charge is 0.253 e. The van der Waals surface area contributed by atoms with Crippen LogP contribution in [0.5, 0.6) is 0 Å². The van der Waals surface area contributed by atoms with Crippen molar-refractivity contribution in [3.63, 3.8) is 0 Å². The van der Waals surface area contributed by atoms with E-state index in [2.05, 4.69) is 39.8 Å². The zero-order valence-corrected chi connectivity index (χ0v) is 13.7. The summed E-state index contributed by atoms with van der Waals surface area (Å²) in [6, 6.07) is 18.6. The highest BCUT2D eigenvalue weighted by atomic mass is 32.2. The predicted molar refractivity (Wildman–Crippen MR) is 95.1 cm³/mol. The second-order valence-corrected chi connectivity index (χ2v) is 6.59. The third-order valence-corrected chi connectivity index (χ3v) is 4.84. The maximum absolute atomic E-state index is 4.32. The Kier molecular flexibility index (Phi) is 4.88. The molecular formula is C17H15N3S2. The number of hydrazone groups is 1. The van der Waals surface area contributed by atoms with Crippen LogP contribution in [0.3, 0.4) is 0 Å². The summed E-state index contributed by atoms with van der Waals surface area (Å²) in [6.07, 6.45) is 1.84. The van der Waals surface area contributed by atoms with Gasteiger partial charge < -0.3 is 0 Å². The molecule has 1 N–H and O–H groups in total. The molecule has 0 unspecified atom stereocenters. The van der Waals surface area contributed by atoms with Crippen molar-refractivity contribution >= 4 is 34.4 Å². The molecule has 0 spiro atoms. The first-order chi connectivity index (χ1) is 10.8. The van der Waals surface area contributed by atoms with E-state index in [0.29, 0.717) is 0 Å². The highest BCUT2D eigenvalue weighted by Crippen LogP contribution is 2.29. The zero-order valence-electron chi connectivity index (χ0n) is 12.1. The molecule has 2 aromatic carbocycles. The number of hydrogen-bond donors (Lipinski definition) is 1. The molecule has 110 valence electrons. The standard InChI is InChI=1S/C17H15N3S2/c1-13-12-21-17(19-13)20-18-11-14-7-5-6-10-16(14)22-15-8-3-2-4-9-15/h2-12H,1H3,(H,19,20). The van der Waals surface area contributed by atoms with Gasteiger partial charge in [0.25, 0.3) is 0 Å². The molecule has 0 bridgehead atoms. The van der Waals surface area contributed by atoms with E-state index in [9.17, 15) is 0 Å². The summed E-state index contributed by atoms with van der Waals surface area (Å²) in [6.45, 7) is 1.97. The number of nitrogens with one attached hydrogen (secondary N) is 1. The molecule has 22 heavy (non-hydrogen) atoms. The maximum atomic E-state index is 4.32. The molecule has 0 radical (unpaired) electrons. The van der Waals surface area contributed by atoms with E-state index in [-0.39, 0.29) is 0 Å². The minimum Gasteiger partial charge on any atom is -0.253 e. The van der Waals surface area contributed by atoms with Crippen molar-refractivity contribution < 1.29 is 0 Å². The van der Waals surface area contributed by atoms with Gasteiger partial charge >= 0.3 is 0 Å². The summed E-state index contributed by atoms with van der Waals surface area (Å²) in [5, 5.41) is 7.09. The van der Waals surface area contributed by atoms with Gasteiger partial charge in [-0.2, -0.15) is 5.10 Å². The fourth-order valence-corrected chi connectivity index (χ4v) is 3.43. The van der Waals surface area contributed by atoms with Crippen molar-refractivity contribution in [2.75, 3.05) is 5.43 Å². The second-order valence-electron chi connectivity index (χ2n) is 4.62. The van der Waals surface area contributed by atoms with E-state index in [4.69, 9.17) is 0 Å². The highest BCUT2D eigenvalue weighted by Gasteiger charge is 2.02. The van der Waals surface area contributed by atoms with E-state index in [1.807, 2.05) is 48.9 Å². The van der Waals surface area contributed by atoms with Crippen LogP contribution >= 0.6 is 23.1 Å². The lowest BCUT2D eigenvalue weighted by molar-refractivity contribution is 1.22. The van der Waals surface area contributed by atoms with Gasteiger partial charge in [-0.1, -0.05) is 48.2 Å². The van der Waals surface area contributed by atoms with E-state index in [1.54, 1.807) is 23.1 Å². The van der Waals surface area contributed by atoms with Crippen molar-refractivity contribution in [3.05, 3.63) is 71.2 Å². The van der Waals surface area contributed by atoms with Crippen LogP contribution in [0.4, 0.5) is 5.13 Å². The first-order valence-electron chi connectivity index (χ1n) is 6.84. The van der Waals surface area contributed by atoms with E-state index in [0.717, 1.165) is 16.4 Å². The maximum Gasteiger partial charge on any atom is 0.203 e. The molecule has 0 aliphatic heterocycles. The third kappa shape index (κ3) is 3.96. The monoisotopic (exact) mass is 325 g/mol. The lowest BCUT2D eigenvalue weighted by Gasteiger charge is -2.05. The van der Waals surface area contributed by atoms with Crippen molar-refractivity contribution in [2.24, 2.45) is 5.10 Å². The number of rotatable bonds is 5. The van der Waals surface area contributed by atoms with Crippen molar-refractivity contribution in [2.45, 2.75) is 16.7 Å². The third-order valence-electron chi connectivity index (χ3n) is 2.87. The van der Waals surface area contributed by atoms with Crippen LogP contribution in [0.2, 0.25) is 0 Å². The topological polar surface area (TPSA) is 37.3 Å². The molecule has 0 amide bonds. The quantitative estimate of drug-likeness (QED) is 0.527. The van der Waals surface area contributed by atoms with Gasteiger partial charge in [-0.05, 0) is 25.1 Å². The van der Waals surface area contributed by atoms with Gasteiger partial charge in [0.15, 0.2) is 0 Å². The molecular weight excluding hydrogens is 310 g/mol. The van der Waals surface area contributed by atoms with Crippen LogP contribution in [0.1, 0.15) is 11.3 Å². The Labute approximate surface area is 138 Å². The van der Waals surface area contributed by atoms with Crippen molar-refractivity contribution in [1.82, 2.24) is 4.98 Å². The van der Waals surface area contributed by atoms with Crippen LogP contribution in [0, 0.1) is 6.92 Å². The van der Waals surface area contributed by atoms with Crippen LogP contribution < -0.4 is 5.43 Å². The van der Waals surface area contributed by atoms with Crippen molar-refractivity contribution in [1.29, 1.82) is 0 Å². The van der Waals surface area contributed by atoms with Gasteiger partial charge in [-0.25, -0.2) is 4.98 Å². The minimum atomic E-state index is 0.807. The van der Waals surface area contributed by atoms with Crippen LogP contribution in [0.15, 0.2) is 74.9 Å². The fraction of sp³-hybridized carbons (Fsp3) is 0.0588. The summed E-state index contributed by atoms with van der Waals surface area (Å²) >= 11 is 3.28. The average Bonchev–Trinajstić information content (AvgIpc) is 2.95. The summed E-state index contributed by atoms with van der Waals surface area (Å²) < 4.78 is 0. The normalized spacial score (nSPS) is 11.0. The number of benzene rings is 2. The Morgan fingerprint density at radius 1 is 1.09 bits per heavy atom. The Balaban J connectivity index is 1.73. The SMILES string of the molecule is Cc1csc(NN=Cc2ccccc2Sc2ccccc2)n1. The number of anilines is 1. The molecule has 3 nitrogen and oxygen atoms in total. The number of aromatic nitrogens is 1. The Bertz CT molecular complexity index is 766. The molecule has 0 saturated carbocycles. The predicted octanol–water partition coefficient (Wildman–Crippen LogP) is 5.05. The zero-order chi connectivity index (χ0) is 15.2. The summed E-state index contributed by atoms with van der Waals surface area (Å²) in [4.78, 5) is 6.71. The van der Waals surface area contributed by atoms with Crippen LogP contribution in [0.25, 0.3) is 0 Å².